The van der Waals surface area contributed by atoms with Crippen LogP contribution in [0.3, 0.4) is 0 Å². The zero-order valence-electron chi connectivity index (χ0n) is 19.1. The summed E-state index contributed by atoms with van der Waals surface area (Å²) in [6, 6.07) is 10.6. The molecule has 1 aromatic carbocycles. The molecule has 0 bridgehead atoms. The number of fused-ring (bicyclic) bond motifs is 1. The number of amides is 1. The van der Waals surface area contributed by atoms with E-state index in [0.717, 1.165) is 25.3 Å². The molecule has 182 valence electrons. The van der Waals surface area contributed by atoms with Crippen LogP contribution in [-0.2, 0) is 14.8 Å². The van der Waals surface area contributed by atoms with Crippen LogP contribution >= 0.6 is 0 Å². The number of rotatable bonds is 4. The largest absolute Gasteiger partial charge is 0.490 e. The lowest BCUT2D eigenvalue weighted by Crippen LogP contribution is -2.52. The van der Waals surface area contributed by atoms with Gasteiger partial charge in [-0.05, 0) is 37.1 Å². The van der Waals surface area contributed by atoms with Crippen molar-refractivity contribution in [1.82, 2.24) is 14.2 Å². The third-order valence-electron chi connectivity index (χ3n) is 6.72. The highest BCUT2D eigenvalue weighted by molar-refractivity contribution is 7.89. The van der Waals surface area contributed by atoms with Crippen LogP contribution in [0.15, 0.2) is 47.5 Å². The van der Waals surface area contributed by atoms with E-state index in [-0.39, 0.29) is 16.7 Å². The van der Waals surface area contributed by atoms with E-state index in [4.69, 9.17) is 9.47 Å². The van der Waals surface area contributed by atoms with Gasteiger partial charge in [0, 0.05) is 63.9 Å². The highest BCUT2D eigenvalue weighted by Crippen LogP contribution is 2.34. The molecule has 2 fully saturated rings. The van der Waals surface area contributed by atoms with Crippen molar-refractivity contribution in [2.75, 3.05) is 57.4 Å². The van der Waals surface area contributed by atoms with Crippen molar-refractivity contribution < 1.29 is 22.7 Å². The first-order valence-corrected chi connectivity index (χ1v) is 13.3. The quantitative estimate of drug-likeness (QED) is 0.653. The predicted molar refractivity (Wildman–Crippen MR) is 127 cm³/mol. The van der Waals surface area contributed by atoms with Gasteiger partial charge < -0.3 is 19.3 Å². The van der Waals surface area contributed by atoms with Crippen molar-refractivity contribution in [2.45, 2.75) is 24.2 Å². The predicted octanol–water partition coefficient (Wildman–Crippen LogP) is 1.99. The number of anilines is 1. The van der Waals surface area contributed by atoms with E-state index in [2.05, 4.69) is 9.88 Å². The third-order valence-corrected chi connectivity index (χ3v) is 8.62. The van der Waals surface area contributed by atoms with Crippen molar-refractivity contribution in [3.63, 3.8) is 0 Å². The highest BCUT2D eigenvalue weighted by Gasteiger charge is 2.35. The summed E-state index contributed by atoms with van der Waals surface area (Å²) in [6.45, 7) is 4.54. The van der Waals surface area contributed by atoms with Gasteiger partial charge in [0.15, 0.2) is 11.5 Å². The average Bonchev–Trinajstić information content (AvgIpc) is 3.14. The van der Waals surface area contributed by atoms with E-state index in [0.29, 0.717) is 63.7 Å². The molecular weight excluding hydrogens is 456 g/mol. The molecule has 3 aliphatic rings. The lowest BCUT2D eigenvalue weighted by molar-refractivity contribution is -0.137. The molecule has 4 heterocycles. The highest BCUT2D eigenvalue weighted by atomic mass is 32.2. The van der Waals surface area contributed by atoms with E-state index in [1.807, 2.05) is 23.1 Å². The molecule has 2 saturated heterocycles. The average molecular weight is 487 g/mol. The number of carbonyl (C=O) groups is 1. The van der Waals surface area contributed by atoms with Crippen molar-refractivity contribution in [1.29, 1.82) is 0 Å². The van der Waals surface area contributed by atoms with Gasteiger partial charge in [0.2, 0.25) is 15.9 Å². The Morgan fingerprint density at radius 2 is 1.65 bits per heavy atom. The van der Waals surface area contributed by atoms with E-state index < -0.39 is 10.0 Å². The first kappa shape index (κ1) is 22.9. The molecule has 0 atom stereocenters. The monoisotopic (exact) mass is 486 g/mol. The number of aromatic nitrogens is 1. The Balaban J connectivity index is 1.17. The molecule has 34 heavy (non-hydrogen) atoms. The van der Waals surface area contributed by atoms with Crippen LogP contribution in [-0.4, -0.2) is 81.0 Å². The summed E-state index contributed by atoms with van der Waals surface area (Å²) in [5.74, 6) is 1.96. The summed E-state index contributed by atoms with van der Waals surface area (Å²) in [7, 11) is -3.66. The standard InChI is InChI=1S/C24H30N4O5S/c29-24(27-14-12-26(13-15-27)23-4-1-2-9-25-23)19-7-10-28(11-8-19)34(30,31)20-5-6-21-22(18-20)33-17-3-16-32-21/h1-2,4-6,9,18-19H,3,7-8,10-17H2. The fourth-order valence-electron chi connectivity index (χ4n) is 4.75. The molecule has 0 aliphatic carbocycles. The second-order valence-corrected chi connectivity index (χ2v) is 10.8. The maximum atomic E-state index is 13.2. The molecule has 5 rings (SSSR count). The minimum absolute atomic E-state index is 0.133. The summed E-state index contributed by atoms with van der Waals surface area (Å²) in [6.07, 6.45) is 3.60. The van der Waals surface area contributed by atoms with E-state index in [1.165, 1.54) is 4.31 Å². The smallest absolute Gasteiger partial charge is 0.243 e. The first-order valence-electron chi connectivity index (χ1n) is 11.9. The van der Waals surface area contributed by atoms with Gasteiger partial charge in [-0.15, -0.1) is 0 Å². The molecule has 0 saturated carbocycles. The van der Waals surface area contributed by atoms with Crippen molar-refractivity contribution in [3.8, 4) is 11.5 Å². The molecule has 0 N–H and O–H groups in total. The fraction of sp³-hybridized carbons (Fsp3) is 0.500. The van der Waals surface area contributed by atoms with Crippen LogP contribution in [0.1, 0.15) is 19.3 Å². The fourth-order valence-corrected chi connectivity index (χ4v) is 6.24. The molecule has 1 amide bonds. The number of piperidine rings is 1. The second-order valence-electron chi connectivity index (χ2n) is 8.84. The van der Waals surface area contributed by atoms with Crippen LogP contribution in [0, 0.1) is 5.92 Å². The Hall–Kier alpha value is -2.85. The van der Waals surface area contributed by atoms with Crippen LogP contribution in [0.5, 0.6) is 11.5 Å². The number of hydrogen-bond acceptors (Lipinski definition) is 7. The van der Waals surface area contributed by atoms with Crippen LogP contribution in [0.25, 0.3) is 0 Å². The van der Waals surface area contributed by atoms with E-state index in [9.17, 15) is 13.2 Å². The van der Waals surface area contributed by atoms with E-state index >= 15 is 0 Å². The Kier molecular flexibility index (Phi) is 6.60. The minimum Gasteiger partial charge on any atom is -0.490 e. The van der Waals surface area contributed by atoms with Gasteiger partial charge >= 0.3 is 0 Å². The normalized spacial score (nSPS) is 20.1. The van der Waals surface area contributed by atoms with Crippen LogP contribution in [0.4, 0.5) is 5.82 Å². The molecule has 9 nitrogen and oxygen atoms in total. The number of piperazine rings is 1. The SMILES string of the molecule is O=C(C1CCN(S(=O)(=O)c2ccc3c(c2)OCCCO3)CC1)N1CCN(c2ccccn2)CC1. The molecule has 1 aromatic heterocycles. The zero-order valence-corrected chi connectivity index (χ0v) is 20.0. The van der Waals surface area contributed by atoms with Crippen LogP contribution < -0.4 is 14.4 Å². The summed E-state index contributed by atoms with van der Waals surface area (Å²) < 4.78 is 39.2. The maximum Gasteiger partial charge on any atom is 0.243 e. The van der Waals surface area contributed by atoms with Gasteiger partial charge in [-0.2, -0.15) is 4.31 Å². The van der Waals surface area contributed by atoms with Gasteiger partial charge in [0.05, 0.1) is 18.1 Å². The van der Waals surface area contributed by atoms with Gasteiger partial charge in [0.25, 0.3) is 0 Å². The van der Waals surface area contributed by atoms with Crippen LogP contribution in [0.2, 0.25) is 0 Å². The molecule has 0 unspecified atom stereocenters. The molecule has 2 aromatic rings. The number of carbonyl (C=O) groups excluding carboxylic acids is 1. The number of ether oxygens (including phenoxy) is 2. The summed E-state index contributed by atoms with van der Waals surface area (Å²) in [5.41, 5.74) is 0. The zero-order chi connectivity index (χ0) is 23.5. The second kappa shape index (κ2) is 9.79. The Morgan fingerprint density at radius 1 is 0.912 bits per heavy atom. The first-order chi connectivity index (χ1) is 16.5. The van der Waals surface area contributed by atoms with Gasteiger partial charge in [-0.25, -0.2) is 13.4 Å². The van der Waals surface area contributed by atoms with Crippen molar-refractivity contribution >= 4 is 21.7 Å². The van der Waals surface area contributed by atoms with E-state index in [1.54, 1.807) is 24.4 Å². The molecule has 0 radical (unpaired) electrons. The van der Waals surface area contributed by atoms with Crippen molar-refractivity contribution in [2.24, 2.45) is 5.92 Å². The van der Waals surface area contributed by atoms with Crippen molar-refractivity contribution in [3.05, 3.63) is 42.6 Å². The van der Waals surface area contributed by atoms with Gasteiger partial charge in [-0.3, -0.25) is 4.79 Å². The topological polar surface area (TPSA) is 92.3 Å². The summed E-state index contributed by atoms with van der Waals surface area (Å²) >= 11 is 0. The molecular formula is C24H30N4O5S. The number of benzene rings is 1. The van der Waals surface area contributed by atoms with Gasteiger partial charge in [-0.1, -0.05) is 6.07 Å². The Labute approximate surface area is 200 Å². The molecule has 0 spiro atoms. The maximum absolute atomic E-state index is 13.2. The number of pyridine rings is 1. The Bertz CT molecular complexity index is 1110. The minimum atomic E-state index is -3.66. The summed E-state index contributed by atoms with van der Waals surface area (Å²) in [5, 5.41) is 0. The number of nitrogens with zero attached hydrogens (tertiary/aromatic N) is 4. The lowest BCUT2D eigenvalue weighted by Gasteiger charge is -2.38. The third kappa shape index (κ3) is 4.69. The number of hydrogen-bond donors (Lipinski definition) is 0. The van der Waals surface area contributed by atoms with Gasteiger partial charge in [0.1, 0.15) is 5.82 Å². The Morgan fingerprint density at radius 3 is 2.35 bits per heavy atom. The molecule has 3 aliphatic heterocycles. The summed E-state index contributed by atoms with van der Waals surface area (Å²) in [4.78, 5) is 21.8. The lowest BCUT2D eigenvalue weighted by atomic mass is 9.96. The molecule has 10 heteroatoms. The number of sulfonamides is 1.